The standard InChI is InChI=1S/C8H10FNO.ClH/c1-5(10)6-2-7(9)4-8(11)3-6;/h2-5,11H,10H2,1H3;1H/t5-;/m0./s1. The van der Waals surface area contributed by atoms with Gasteiger partial charge in [-0.25, -0.2) is 4.39 Å². The first kappa shape index (κ1) is 11.2. The molecule has 68 valence electrons. The zero-order valence-corrected chi connectivity index (χ0v) is 7.44. The Hall–Kier alpha value is -0.800. The number of rotatable bonds is 1. The van der Waals surface area contributed by atoms with Crippen LogP contribution in [0.4, 0.5) is 4.39 Å². The molecule has 0 amide bonds. The molecule has 1 rings (SSSR count). The van der Waals surface area contributed by atoms with Gasteiger partial charge in [-0.2, -0.15) is 0 Å². The second kappa shape index (κ2) is 4.28. The highest BCUT2D eigenvalue weighted by molar-refractivity contribution is 5.85. The molecule has 0 unspecified atom stereocenters. The SMILES string of the molecule is C[C@H](N)c1cc(O)cc(F)c1.Cl. The molecular weight excluding hydrogens is 181 g/mol. The van der Waals surface area contributed by atoms with E-state index in [2.05, 4.69) is 0 Å². The van der Waals surface area contributed by atoms with Crippen LogP contribution < -0.4 is 5.73 Å². The Bertz CT molecular complexity index is 245. The van der Waals surface area contributed by atoms with Gasteiger partial charge in [0.1, 0.15) is 11.6 Å². The number of halogens is 2. The summed E-state index contributed by atoms with van der Waals surface area (Å²) in [7, 11) is 0. The van der Waals surface area contributed by atoms with Crippen LogP contribution in [0.3, 0.4) is 0 Å². The van der Waals surface area contributed by atoms with E-state index in [4.69, 9.17) is 10.8 Å². The minimum atomic E-state index is -0.461. The van der Waals surface area contributed by atoms with E-state index in [9.17, 15) is 4.39 Å². The molecule has 0 saturated heterocycles. The van der Waals surface area contributed by atoms with Crippen molar-refractivity contribution in [2.45, 2.75) is 13.0 Å². The Balaban J connectivity index is 0.00000121. The Morgan fingerprint density at radius 2 is 2.00 bits per heavy atom. The van der Waals surface area contributed by atoms with Gasteiger partial charge in [0.25, 0.3) is 0 Å². The van der Waals surface area contributed by atoms with E-state index in [0.717, 1.165) is 6.07 Å². The molecule has 0 saturated carbocycles. The predicted octanol–water partition coefficient (Wildman–Crippen LogP) is 1.97. The summed E-state index contributed by atoms with van der Waals surface area (Å²) >= 11 is 0. The van der Waals surface area contributed by atoms with Crippen LogP contribution in [0.1, 0.15) is 18.5 Å². The molecule has 1 atom stereocenters. The van der Waals surface area contributed by atoms with E-state index in [1.54, 1.807) is 6.92 Å². The van der Waals surface area contributed by atoms with Crippen LogP contribution >= 0.6 is 12.4 Å². The van der Waals surface area contributed by atoms with E-state index in [1.165, 1.54) is 12.1 Å². The number of aromatic hydroxyl groups is 1. The summed E-state index contributed by atoms with van der Waals surface area (Å²) in [5.41, 5.74) is 6.07. The van der Waals surface area contributed by atoms with Gasteiger partial charge in [0, 0.05) is 12.1 Å². The Morgan fingerprint density at radius 3 is 2.42 bits per heavy atom. The Morgan fingerprint density at radius 1 is 1.42 bits per heavy atom. The second-order valence-corrected chi connectivity index (χ2v) is 2.53. The lowest BCUT2D eigenvalue weighted by atomic mass is 10.1. The third-order valence-electron chi connectivity index (χ3n) is 1.43. The predicted molar refractivity (Wildman–Crippen MR) is 47.9 cm³/mol. The minimum Gasteiger partial charge on any atom is -0.508 e. The fourth-order valence-electron chi connectivity index (χ4n) is 0.859. The summed E-state index contributed by atoms with van der Waals surface area (Å²) < 4.78 is 12.6. The quantitative estimate of drug-likeness (QED) is 0.713. The van der Waals surface area contributed by atoms with Crippen molar-refractivity contribution in [1.29, 1.82) is 0 Å². The smallest absolute Gasteiger partial charge is 0.127 e. The number of phenolic OH excluding ortho intramolecular Hbond substituents is 1. The molecule has 0 fully saturated rings. The highest BCUT2D eigenvalue weighted by atomic mass is 35.5. The second-order valence-electron chi connectivity index (χ2n) is 2.53. The molecule has 1 aromatic carbocycles. The fraction of sp³-hybridized carbons (Fsp3) is 0.250. The number of nitrogens with two attached hydrogens (primary N) is 1. The highest BCUT2D eigenvalue weighted by Crippen LogP contribution is 2.18. The van der Waals surface area contributed by atoms with Gasteiger partial charge in [0.2, 0.25) is 0 Å². The van der Waals surface area contributed by atoms with Gasteiger partial charge in [-0.1, -0.05) is 0 Å². The minimum absolute atomic E-state index is 0. The molecular formula is C8H11ClFNO. The summed E-state index contributed by atoms with van der Waals surface area (Å²) in [6.07, 6.45) is 0. The van der Waals surface area contributed by atoms with Crippen LogP contribution in [0, 0.1) is 5.82 Å². The lowest BCUT2D eigenvalue weighted by molar-refractivity contribution is 0.467. The maximum Gasteiger partial charge on any atom is 0.127 e. The molecule has 3 N–H and O–H groups in total. The Kier molecular flexibility index (Phi) is 4.00. The summed E-state index contributed by atoms with van der Waals surface area (Å²) in [6.45, 7) is 1.73. The lowest BCUT2D eigenvalue weighted by Gasteiger charge is -2.05. The molecule has 0 radical (unpaired) electrons. The maximum atomic E-state index is 12.6. The first-order valence-corrected chi connectivity index (χ1v) is 3.34. The molecule has 0 aliphatic heterocycles. The van der Waals surface area contributed by atoms with Crippen molar-refractivity contribution in [3.63, 3.8) is 0 Å². The summed E-state index contributed by atoms with van der Waals surface area (Å²) in [4.78, 5) is 0. The monoisotopic (exact) mass is 191 g/mol. The number of hydrogen-bond acceptors (Lipinski definition) is 2. The Labute approximate surface area is 76.6 Å². The number of benzene rings is 1. The molecule has 0 bridgehead atoms. The van der Waals surface area contributed by atoms with Crippen LogP contribution in [0.15, 0.2) is 18.2 Å². The van der Waals surface area contributed by atoms with Gasteiger partial charge in [-0.05, 0) is 24.6 Å². The van der Waals surface area contributed by atoms with Gasteiger partial charge in [-0.15, -0.1) is 12.4 Å². The lowest BCUT2D eigenvalue weighted by Crippen LogP contribution is -2.04. The molecule has 1 aromatic rings. The van der Waals surface area contributed by atoms with Crippen LogP contribution in [0.2, 0.25) is 0 Å². The van der Waals surface area contributed by atoms with Crippen molar-refractivity contribution in [3.05, 3.63) is 29.6 Å². The van der Waals surface area contributed by atoms with Crippen molar-refractivity contribution in [2.24, 2.45) is 5.73 Å². The van der Waals surface area contributed by atoms with Crippen molar-refractivity contribution >= 4 is 12.4 Å². The molecule has 0 aliphatic carbocycles. The van der Waals surface area contributed by atoms with E-state index >= 15 is 0 Å². The van der Waals surface area contributed by atoms with Gasteiger partial charge >= 0.3 is 0 Å². The number of hydrogen-bond donors (Lipinski definition) is 2. The van der Waals surface area contributed by atoms with E-state index in [1.807, 2.05) is 0 Å². The zero-order valence-electron chi connectivity index (χ0n) is 6.62. The highest BCUT2D eigenvalue weighted by Gasteiger charge is 2.02. The average molecular weight is 192 g/mol. The van der Waals surface area contributed by atoms with Crippen molar-refractivity contribution in [3.8, 4) is 5.75 Å². The van der Waals surface area contributed by atoms with Gasteiger partial charge in [0.15, 0.2) is 0 Å². The molecule has 0 spiro atoms. The third kappa shape index (κ3) is 2.68. The van der Waals surface area contributed by atoms with Crippen LogP contribution in [-0.2, 0) is 0 Å². The van der Waals surface area contributed by atoms with Gasteiger partial charge < -0.3 is 10.8 Å². The summed E-state index contributed by atoms with van der Waals surface area (Å²) in [5.74, 6) is -0.547. The van der Waals surface area contributed by atoms with Crippen molar-refractivity contribution in [2.75, 3.05) is 0 Å². The number of phenols is 1. The average Bonchev–Trinajstić information content (AvgIpc) is 1.85. The van der Waals surface area contributed by atoms with E-state index < -0.39 is 5.82 Å². The van der Waals surface area contributed by atoms with Crippen LogP contribution in [-0.4, -0.2) is 5.11 Å². The maximum absolute atomic E-state index is 12.6. The first-order chi connectivity index (χ1) is 5.09. The third-order valence-corrected chi connectivity index (χ3v) is 1.43. The largest absolute Gasteiger partial charge is 0.508 e. The molecule has 2 nitrogen and oxygen atoms in total. The first-order valence-electron chi connectivity index (χ1n) is 3.34. The fourth-order valence-corrected chi connectivity index (χ4v) is 0.859. The normalized spacial score (nSPS) is 11.9. The van der Waals surface area contributed by atoms with E-state index in [-0.39, 0.29) is 24.2 Å². The van der Waals surface area contributed by atoms with Gasteiger partial charge in [-0.3, -0.25) is 0 Å². The summed E-state index contributed by atoms with van der Waals surface area (Å²) in [5, 5.41) is 8.95. The molecule has 0 aromatic heterocycles. The molecule has 4 heteroatoms. The van der Waals surface area contributed by atoms with Crippen molar-refractivity contribution in [1.82, 2.24) is 0 Å². The van der Waals surface area contributed by atoms with E-state index in [0.29, 0.717) is 5.56 Å². The molecule has 0 heterocycles. The van der Waals surface area contributed by atoms with Crippen LogP contribution in [0.5, 0.6) is 5.75 Å². The molecule has 0 aliphatic rings. The summed E-state index contributed by atoms with van der Waals surface area (Å²) in [6, 6.07) is 3.56. The topological polar surface area (TPSA) is 46.2 Å². The van der Waals surface area contributed by atoms with Crippen molar-refractivity contribution < 1.29 is 9.50 Å². The zero-order chi connectivity index (χ0) is 8.43. The van der Waals surface area contributed by atoms with Gasteiger partial charge in [0.05, 0.1) is 0 Å². The molecule has 12 heavy (non-hydrogen) atoms. The van der Waals surface area contributed by atoms with Crippen LogP contribution in [0.25, 0.3) is 0 Å².